The molecule has 1 N–H and O–H groups in total. The summed E-state index contributed by atoms with van der Waals surface area (Å²) in [4.78, 5) is 26.7. The van der Waals surface area contributed by atoms with Crippen molar-refractivity contribution in [1.82, 2.24) is 9.88 Å². The lowest BCUT2D eigenvalue weighted by atomic mass is 10.2. The number of hydrogen-bond donors (Lipinski definition) is 1. The smallest absolute Gasteiger partial charge is 0.270 e. The molecule has 0 radical (unpaired) electrons. The number of rotatable bonds is 7. The van der Waals surface area contributed by atoms with E-state index in [0.29, 0.717) is 55.9 Å². The van der Waals surface area contributed by atoms with E-state index in [0.717, 1.165) is 11.9 Å². The number of amides is 2. The van der Waals surface area contributed by atoms with Gasteiger partial charge in [-0.3, -0.25) is 9.59 Å². The lowest BCUT2D eigenvalue weighted by Crippen LogP contribution is -2.31. The third-order valence-corrected chi connectivity index (χ3v) is 4.65. The highest BCUT2D eigenvalue weighted by atomic mass is 19.1. The molecule has 0 saturated carbocycles. The van der Waals surface area contributed by atoms with E-state index in [1.165, 1.54) is 12.1 Å². The van der Waals surface area contributed by atoms with Gasteiger partial charge in [-0.25, -0.2) is 4.39 Å². The van der Waals surface area contributed by atoms with E-state index in [-0.39, 0.29) is 17.6 Å². The second-order valence-corrected chi connectivity index (χ2v) is 6.37. The van der Waals surface area contributed by atoms with Gasteiger partial charge in [-0.15, -0.1) is 0 Å². The van der Waals surface area contributed by atoms with Crippen molar-refractivity contribution in [3.63, 3.8) is 0 Å². The summed E-state index contributed by atoms with van der Waals surface area (Å²) in [7, 11) is 1.76. The number of fused-ring (bicyclic) bond motifs is 1. The molecule has 2 amide bonds. The van der Waals surface area contributed by atoms with Gasteiger partial charge in [0, 0.05) is 45.2 Å². The third kappa shape index (κ3) is 3.44. The molecule has 3 rings (SSSR count). The average Bonchev–Trinajstić information content (AvgIpc) is 3.15. The van der Waals surface area contributed by atoms with Gasteiger partial charge in [0.15, 0.2) is 0 Å². The number of carbonyl (C=O) groups is 2. The van der Waals surface area contributed by atoms with Gasteiger partial charge in [-0.2, -0.15) is 0 Å². The Hall–Kier alpha value is -2.41. The Morgan fingerprint density at radius 2 is 2.19 bits per heavy atom. The zero-order valence-electron chi connectivity index (χ0n) is 15.2. The Bertz CT molecular complexity index is 831. The van der Waals surface area contributed by atoms with E-state index < -0.39 is 0 Å². The van der Waals surface area contributed by atoms with Crippen LogP contribution in [0.2, 0.25) is 0 Å². The first-order valence-electron chi connectivity index (χ1n) is 8.98. The van der Waals surface area contributed by atoms with Gasteiger partial charge in [-0.1, -0.05) is 0 Å². The number of nitrogens with one attached hydrogen (secondary N) is 1. The molecule has 0 spiro atoms. The van der Waals surface area contributed by atoms with Gasteiger partial charge in [0.25, 0.3) is 5.91 Å². The summed E-state index contributed by atoms with van der Waals surface area (Å²) in [6.45, 7) is 4.16. The summed E-state index contributed by atoms with van der Waals surface area (Å²) in [5, 5.41) is 3.47. The van der Waals surface area contributed by atoms with E-state index >= 15 is 0 Å². The van der Waals surface area contributed by atoms with Gasteiger partial charge in [0.2, 0.25) is 5.91 Å². The fourth-order valence-electron chi connectivity index (χ4n) is 3.42. The second-order valence-electron chi connectivity index (χ2n) is 6.37. The van der Waals surface area contributed by atoms with Gasteiger partial charge in [-0.05, 0) is 38.0 Å². The Balaban J connectivity index is 1.96. The average molecular weight is 361 g/mol. The van der Waals surface area contributed by atoms with Crippen LogP contribution in [0.4, 0.5) is 10.1 Å². The van der Waals surface area contributed by atoms with Crippen LogP contribution in [0, 0.1) is 5.82 Å². The van der Waals surface area contributed by atoms with Crippen molar-refractivity contribution in [1.29, 1.82) is 0 Å². The molecule has 0 aliphatic carbocycles. The monoisotopic (exact) mass is 361 g/mol. The summed E-state index contributed by atoms with van der Waals surface area (Å²) in [5.74, 6) is -0.692. The minimum absolute atomic E-state index is 0.0350. The molecule has 1 aliphatic rings. The molecule has 0 unspecified atom stereocenters. The quantitative estimate of drug-likeness (QED) is 0.771. The lowest BCUT2D eigenvalue weighted by Gasteiger charge is -2.18. The molecule has 0 atom stereocenters. The van der Waals surface area contributed by atoms with Crippen LogP contribution in [0.3, 0.4) is 0 Å². The van der Waals surface area contributed by atoms with Gasteiger partial charge >= 0.3 is 0 Å². The highest BCUT2D eigenvalue weighted by Crippen LogP contribution is 2.36. The molecule has 1 aromatic heterocycles. The molecule has 140 valence electrons. The van der Waals surface area contributed by atoms with E-state index in [1.807, 2.05) is 6.92 Å². The number of anilines is 1. The molecule has 1 fully saturated rings. The maximum Gasteiger partial charge on any atom is 0.270 e. The van der Waals surface area contributed by atoms with Crippen LogP contribution in [0.25, 0.3) is 10.9 Å². The van der Waals surface area contributed by atoms with Crippen LogP contribution in [0.5, 0.6) is 0 Å². The number of hydrogen-bond acceptors (Lipinski definition) is 3. The molecule has 2 heterocycles. The molecule has 0 bridgehead atoms. The van der Waals surface area contributed by atoms with Crippen molar-refractivity contribution < 1.29 is 18.7 Å². The fourth-order valence-corrected chi connectivity index (χ4v) is 3.42. The Labute approximate surface area is 151 Å². The number of carbonyl (C=O) groups excluding carboxylic acids is 2. The molecule has 26 heavy (non-hydrogen) atoms. The van der Waals surface area contributed by atoms with Crippen molar-refractivity contribution >= 4 is 28.4 Å². The highest BCUT2D eigenvalue weighted by Gasteiger charge is 2.31. The first-order chi connectivity index (χ1) is 12.5. The molecule has 1 aliphatic heterocycles. The number of aromatic nitrogens is 1. The number of aryl methyl sites for hydroxylation is 1. The van der Waals surface area contributed by atoms with Crippen LogP contribution in [-0.2, 0) is 16.6 Å². The van der Waals surface area contributed by atoms with Crippen molar-refractivity contribution in [2.24, 2.45) is 7.05 Å². The number of benzene rings is 1. The molecular weight excluding hydrogens is 337 g/mol. The van der Waals surface area contributed by atoms with Crippen LogP contribution in [0.15, 0.2) is 18.2 Å². The van der Waals surface area contributed by atoms with Gasteiger partial charge in [0.1, 0.15) is 11.5 Å². The standard InChI is InChI=1S/C19H24FN3O3/c1-3-26-11-5-9-21-19(25)18-17(23-10-4-6-16(23)24)14-12-13(20)7-8-15(14)22(18)2/h7-8,12H,3-6,9-11H2,1-2H3,(H,21,25). The lowest BCUT2D eigenvalue weighted by molar-refractivity contribution is -0.117. The zero-order valence-corrected chi connectivity index (χ0v) is 15.2. The third-order valence-electron chi connectivity index (χ3n) is 4.65. The highest BCUT2D eigenvalue weighted by molar-refractivity contribution is 6.14. The maximum atomic E-state index is 13.8. The maximum absolute atomic E-state index is 13.8. The van der Waals surface area contributed by atoms with Crippen LogP contribution >= 0.6 is 0 Å². The molecule has 1 saturated heterocycles. The first-order valence-corrected chi connectivity index (χ1v) is 8.98. The van der Waals surface area contributed by atoms with E-state index in [4.69, 9.17) is 4.74 Å². The minimum atomic E-state index is -0.389. The summed E-state index contributed by atoms with van der Waals surface area (Å²) in [6, 6.07) is 4.39. The normalized spacial score (nSPS) is 14.4. The summed E-state index contributed by atoms with van der Waals surface area (Å²) in [5.41, 5.74) is 1.62. The molecule has 1 aromatic carbocycles. The van der Waals surface area contributed by atoms with Gasteiger partial charge in [0.05, 0.1) is 11.2 Å². The van der Waals surface area contributed by atoms with Crippen molar-refractivity contribution in [3.05, 3.63) is 29.7 Å². The molecular formula is C19H24FN3O3. The SMILES string of the molecule is CCOCCCNC(=O)c1c(N2CCCC2=O)c2cc(F)ccc2n1C. The topological polar surface area (TPSA) is 63.6 Å². The van der Waals surface area contributed by atoms with Crippen molar-refractivity contribution in [2.75, 3.05) is 31.2 Å². The number of ether oxygens (including phenoxy) is 1. The Morgan fingerprint density at radius 1 is 1.38 bits per heavy atom. The first kappa shape index (κ1) is 18.4. The van der Waals surface area contributed by atoms with Crippen molar-refractivity contribution in [3.8, 4) is 0 Å². The van der Waals surface area contributed by atoms with Gasteiger partial charge < -0.3 is 19.5 Å². The minimum Gasteiger partial charge on any atom is -0.382 e. The predicted molar refractivity (Wildman–Crippen MR) is 97.9 cm³/mol. The van der Waals surface area contributed by atoms with E-state index in [9.17, 15) is 14.0 Å². The van der Waals surface area contributed by atoms with Crippen LogP contribution in [-0.4, -0.2) is 42.7 Å². The largest absolute Gasteiger partial charge is 0.382 e. The van der Waals surface area contributed by atoms with E-state index in [1.54, 1.807) is 22.6 Å². The van der Waals surface area contributed by atoms with Crippen LogP contribution in [0.1, 0.15) is 36.7 Å². The van der Waals surface area contributed by atoms with E-state index in [2.05, 4.69) is 5.32 Å². The fraction of sp³-hybridized carbons (Fsp3) is 0.474. The number of halogens is 1. The second kappa shape index (κ2) is 7.86. The molecule has 2 aromatic rings. The summed E-state index contributed by atoms with van der Waals surface area (Å²) in [6.07, 6.45) is 1.89. The van der Waals surface area contributed by atoms with Crippen LogP contribution < -0.4 is 10.2 Å². The summed E-state index contributed by atoms with van der Waals surface area (Å²) < 4.78 is 20.8. The summed E-state index contributed by atoms with van der Waals surface area (Å²) >= 11 is 0. The predicted octanol–water partition coefficient (Wildman–Crippen LogP) is 2.60. The molecule has 7 heteroatoms. The molecule has 6 nitrogen and oxygen atoms in total. The van der Waals surface area contributed by atoms with Crippen molar-refractivity contribution in [2.45, 2.75) is 26.2 Å². The zero-order chi connectivity index (χ0) is 18.7. The Kier molecular flexibility index (Phi) is 5.56. The Morgan fingerprint density at radius 3 is 2.88 bits per heavy atom. The number of nitrogens with zero attached hydrogens (tertiary/aromatic N) is 2.